The van der Waals surface area contributed by atoms with Gasteiger partial charge in [0, 0.05) is 12.6 Å². The fraction of sp³-hybridized carbons (Fsp3) is 0.500. The first kappa shape index (κ1) is 7.99. The molecule has 0 aromatic carbocycles. The molecule has 0 saturated carbocycles. The lowest BCUT2D eigenvalue weighted by Crippen LogP contribution is -2.36. The summed E-state index contributed by atoms with van der Waals surface area (Å²) >= 11 is 0. The number of nitrogens with two attached hydrogens (primary N) is 1. The van der Waals surface area contributed by atoms with Crippen molar-refractivity contribution in [3.05, 3.63) is 0 Å². The zero-order chi connectivity index (χ0) is 7.28. The van der Waals surface area contributed by atoms with E-state index < -0.39 is 5.91 Å². The summed E-state index contributed by atoms with van der Waals surface area (Å²) in [5, 5.41) is 2.48. The van der Waals surface area contributed by atoms with Crippen LogP contribution in [0.25, 0.3) is 0 Å². The zero-order valence-corrected chi connectivity index (χ0v) is 5.35. The van der Waals surface area contributed by atoms with E-state index in [2.05, 4.69) is 5.32 Å². The number of hydrogen-bond donors (Lipinski definition) is 2. The lowest BCUT2D eigenvalue weighted by molar-refractivity contribution is -0.116. The zero-order valence-electron chi connectivity index (χ0n) is 5.35. The van der Waals surface area contributed by atoms with Gasteiger partial charge < -0.3 is 11.1 Å². The van der Waals surface area contributed by atoms with Gasteiger partial charge in [-0.3, -0.25) is 4.79 Å². The van der Waals surface area contributed by atoms with Crippen molar-refractivity contribution in [1.29, 1.82) is 0 Å². The van der Waals surface area contributed by atoms with Crippen molar-refractivity contribution in [2.75, 3.05) is 6.54 Å². The minimum absolute atomic E-state index is 0.0338. The summed E-state index contributed by atoms with van der Waals surface area (Å²) in [6.45, 7) is 2.20. The molecular weight excluding hydrogens is 116 g/mol. The summed E-state index contributed by atoms with van der Waals surface area (Å²) in [5.41, 5.74) is 5.19. The van der Waals surface area contributed by atoms with Crippen LogP contribution >= 0.6 is 0 Å². The molecule has 0 radical (unpaired) electrons. The van der Waals surface area contributed by atoms with E-state index in [0.717, 1.165) is 0 Å². The molecule has 50 valence electrons. The Balaban J connectivity index is 3.50. The van der Waals surface area contributed by atoms with Crippen molar-refractivity contribution in [1.82, 2.24) is 5.32 Å². The maximum absolute atomic E-state index is 10.4. The van der Waals surface area contributed by atoms with E-state index in [-0.39, 0.29) is 6.04 Å². The molecular formula is C6H10N2O. The highest BCUT2D eigenvalue weighted by atomic mass is 16.1. The van der Waals surface area contributed by atoms with Crippen LogP contribution in [-0.4, -0.2) is 18.5 Å². The normalized spacial score (nSPS) is 11.7. The van der Waals surface area contributed by atoms with Gasteiger partial charge in [0.2, 0.25) is 0 Å². The van der Waals surface area contributed by atoms with E-state index >= 15 is 0 Å². The van der Waals surface area contributed by atoms with Crippen LogP contribution in [0.3, 0.4) is 0 Å². The molecule has 0 spiro atoms. The monoisotopic (exact) mass is 126 g/mol. The van der Waals surface area contributed by atoms with Crippen molar-refractivity contribution in [2.45, 2.75) is 13.0 Å². The van der Waals surface area contributed by atoms with Gasteiger partial charge in [-0.25, -0.2) is 0 Å². The van der Waals surface area contributed by atoms with Crippen LogP contribution in [0.5, 0.6) is 0 Å². The summed E-state index contributed by atoms with van der Waals surface area (Å²) < 4.78 is 0. The van der Waals surface area contributed by atoms with Gasteiger partial charge in [0.15, 0.2) is 0 Å². The molecule has 0 aromatic rings. The van der Waals surface area contributed by atoms with E-state index in [0.29, 0.717) is 6.54 Å². The molecule has 0 fully saturated rings. The number of amides is 1. The van der Waals surface area contributed by atoms with Gasteiger partial charge in [-0.05, 0) is 12.8 Å². The van der Waals surface area contributed by atoms with Crippen molar-refractivity contribution in [3.63, 3.8) is 0 Å². The number of hydrogen-bond acceptors (Lipinski definition) is 2. The highest BCUT2D eigenvalue weighted by Crippen LogP contribution is 1.73. The third kappa shape index (κ3) is 3.56. The number of carbonyl (C=O) groups is 1. The molecule has 1 amide bonds. The molecule has 0 bridgehead atoms. The van der Waals surface area contributed by atoms with E-state index in [1.807, 2.05) is 5.92 Å². The minimum atomic E-state index is -0.409. The Morgan fingerprint density at radius 1 is 2.00 bits per heavy atom. The van der Waals surface area contributed by atoms with Gasteiger partial charge >= 0.3 is 0 Å². The Kier molecular flexibility index (Phi) is 3.49. The number of nitrogens with one attached hydrogen (secondary N) is 1. The summed E-state index contributed by atoms with van der Waals surface area (Å²) in [5.74, 6) is 1.52. The Bertz CT molecular complexity index is 136. The van der Waals surface area contributed by atoms with Crippen LogP contribution in [0.15, 0.2) is 0 Å². The van der Waals surface area contributed by atoms with Gasteiger partial charge in [0.25, 0.3) is 5.91 Å². The van der Waals surface area contributed by atoms with E-state index in [9.17, 15) is 4.79 Å². The molecule has 0 aliphatic carbocycles. The van der Waals surface area contributed by atoms with Gasteiger partial charge in [-0.2, -0.15) is 0 Å². The molecule has 0 saturated heterocycles. The molecule has 9 heavy (non-hydrogen) atoms. The Morgan fingerprint density at radius 2 is 2.56 bits per heavy atom. The van der Waals surface area contributed by atoms with E-state index in [4.69, 9.17) is 12.2 Å². The molecule has 3 nitrogen and oxygen atoms in total. The quantitative estimate of drug-likeness (QED) is 0.470. The number of terminal acetylenes is 1. The van der Waals surface area contributed by atoms with Gasteiger partial charge in [0.1, 0.15) is 0 Å². The van der Waals surface area contributed by atoms with Crippen molar-refractivity contribution < 1.29 is 4.79 Å². The first-order valence-corrected chi connectivity index (χ1v) is 2.68. The third-order valence-electron chi connectivity index (χ3n) is 0.862. The number of carbonyl (C=O) groups excluding carboxylic acids is 1. The average molecular weight is 126 g/mol. The molecule has 0 aromatic heterocycles. The predicted molar refractivity (Wildman–Crippen MR) is 35.5 cm³/mol. The van der Waals surface area contributed by atoms with Crippen LogP contribution in [0.2, 0.25) is 0 Å². The topological polar surface area (TPSA) is 55.1 Å². The molecule has 0 heterocycles. The fourth-order valence-corrected chi connectivity index (χ4v) is 0.324. The lowest BCUT2D eigenvalue weighted by Gasteiger charge is -2.06. The van der Waals surface area contributed by atoms with Crippen molar-refractivity contribution in [3.8, 4) is 12.3 Å². The first-order valence-electron chi connectivity index (χ1n) is 2.68. The maximum Gasteiger partial charge on any atom is 0.295 e. The average Bonchev–Trinajstić information content (AvgIpc) is 1.87. The van der Waals surface area contributed by atoms with Gasteiger partial charge in [0.05, 0.1) is 0 Å². The van der Waals surface area contributed by atoms with Crippen molar-refractivity contribution in [2.24, 2.45) is 5.73 Å². The van der Waals surface area contributed by atoms with Crippen molar-refractivity contribution >= 4 is 5.91 Å². The van der Waals surface area contributed by atoms with Gasteiger partial charge in [-0.1, -0.05) is 0 Å². The molecule has 0 aliphatic heterocycles. The minimum Gasteiger partial charge on any atom is -0.342 e. The SMILES string of the molecule is C#CC(=O)N[C@H](C)CN. The lowest BCUT2D eigenvalue weighted by atomic mass is 10.3. The molecule has 3 heteroatoms. The van der Waals surface area contributed by atoms with Gasteiger partial charge in [-0.15, -0.1) is 6.42 Å². The fourth-order valence-electron chi connectivity index (χ4n) is 0.324. The summed E-state index contributed by atoms with van der Waals surface area (Å²) in [6.07, 6.45) is 4.77. The van der Waals surface area contributed by atoms with Crippen LogP contribution in [0.1, 0.15) is 6.92 Å². The first-order chi connectivity index (χ1) is 4.20. The molecule has 1 atom stereocenters. The predicted octanol–water partition coefficient (Wildman–Crippen LogP) is -0.917. The maximum atomic E-state index is 10.4. The van der Waals surface area contributed by atoms with E-state index in [1.165, 1.54) is 0 Å². The second-order valence-electron chi connectivity index (χ2n) is 1.75. The highest BCUT2D eigenvalue weighted by Gasteiger charge is 1.99. The standard InChI is InChI=1S/C6H10N2O/c1-3-6(9)8-5(2)4-7/h1,5H,4,7H2,2H3,(H,8,9)/t5-/m1/s1. The summed E-state index contributed by atoms with van der Waals surface area (Å²) in [7, 11) is 0. The van der Waals surface area contributed by atoms with Crippen LogP contribution in [0, 0.1) is 12.3 Å². The second kappa shape index (κ2) is 3.93. The third-order valence-corrected chi connectivity index (χ3v) is 0.862. The highest BCUT2D eigenvalue weighted by molar-refractivity contribution is 5.92. The summed E-state index contributed by atoms with van der Waals surface area (Å²) in [4.78, 5) is 10.4. The molecule has 0 aliphatic rings. The Morgan fingerprint density at radius 3 is 2.89 bits per heavy atom. The van der Waals surface area contributed by atoms with Crippen LogP contribution in [-0.2, 0) is 4.79 Å². The van der Waals surface area contributed by atoms with Crippen LogP contribution in [0.4, 0.5) is 0 Å². The largest absolute Gasteiger partial charge is 0.342 e. The molecule has 0 rings (SSSR count). The van der Waals surface area contributed by atoms with E-state index in [1.54, 1.807) is 6.92 Å². The molecule has 0 unspecified atom stereocenters. The number of rotatable bonds is 2. The summed E-state index contributed by atoms with van der Waals surface area (Å²) in [6, 6.07) is -0.0338. The Hall–Kier alpha value is -1.01. The molecule has 3 N–H and O–H groups in total. The Labute approximate surface area is 54.6 Å². The smallest absolute Gasteiger partial charge is 0.295 e. The second-order valence-corrected chi connectivity index (χ2v) is 1.75. The van der Waals surface area contributed by atoms with Crippen LogP contribution < -0.4 is 11.1 Å².